The van der Waals surface area contributed by atoms with Gasteiger partial charge in [0.05, 0.1) is 0 Å². The van der Waals surface area contributed by atoms with Crippen molar-refractivity contribution in [3.8, 4) is 0 Å². The number of unbranched alkanes of at least 4 members (excludes halogenated alkanes) is 1. The van der Waals surface area contributed by atoms with Crippen LogP contribution in [0, 0.1) is 11.3 Å². The van der Waals surface area contributed by atoms with Crippen LogP contribution in [0.2, 0.25) is 0 Å². The molecule has 2 amide bonds. The summed E-state index contributed by atoms with van der Waals surface area (Å²) in [7, 11) is 0. The molecule has 27 heavy (non-hydrogen) atoms. The Morgan fingerprint density at radius 3 is 2.00 bits per heavy atom. The fourth-order valence-corrected chi connectivity index (χ4v) is 3.61. The Morgan fingerprint density at radius 1 is 1.00 bits per heavy atom. The number of hydrogen-bond donors (Lipinski definition) is 2. The molecule has 0 aromatic carbocycles. The van der Waals surface area contributed by atoms with Gasteiger partial charge in [0.2, 0.25) is 5.91 Å². The molecule has 0 heterocycles. The van der Waals surface area contributed by atoms with Crippen molar-refractivity contribution in [2.75, 3.05) is 0 Å². The Bertz CT molecular complexity index is 396. The zero-order valence-electron chi connectivity index (χ0n) is 17.8. The molecule has 1 fully saturated rings. The molecular weight excluding hydrogens is 419 g/mol. The fourth-order valence-electron chi connectivity index (χ4n) is 3.42. The van der Waals surface area contributed by atoms with Gasteiger partial charge < -0.3 is 30.1 Å². The van der Waals surface area contributed by atoms with Crippen molar-refractivity contribution in [1.29, 1.82) is 0 Å². The van der Waals surface area contributed by atoms with E-state index in [1.807, 2.05) is 6.92 Å². The molecule has 0 spiro atoms. The van der Waals surface area contributed by atoms with Crippen LogP contribution in [0.4, 0.5) is 0 Å². The van der Waals surface area contributed by atoms with E-state index < -0.39 is 0 Å². The molecule has 2 unspecified atom stereocenters. The van der Waals surface area contributed by atoms with Gasteiger partial charge in [-0.15, -0.1) is 0 Å². The maximum atomic E-state index is 11.8. The Hall–Kier alpha value is 0.234. The van der Waals surface area contributed by atoms with E-state index in [-0.39, 0.29) is 36.6 Å². The number of carbonyl (C=O) groups is 2. The van der Waals surface area contributed by atoms with Gasteiger partial charge in [-0.2, -0.15) is 0 Å². The van der Waals surface area contributed by atoms with Gasteiger partial charge >= 0.3 is 55.0 Å². The third-order valence-electron chi connectivity index (χ3n) is 4.90. The molecule has 7 heteroatoms. The summed E-state index contributed by atoms with van der Waals surface area (Å²) in [5, 5.41) is 3.30. The maximum absolute atomic E-state index is 11.8. The molecule has 0 radical (unpaired) electrons. The number of halogens is 2. The normalized spacial score (nSPS) is 20.1. The van der Waals surface area contributed by atoms with Gasteiger partial charge in [-0.1, -0.05) is 40.5 Å². The molecule has 1 saturated carbocycles. The van der Waals surface area contributed by atoms with Gasteiger partial charge in [-0.3, -0.25) is 4.79 Å². The van der Waals surface area contributed by atoms with Crippen LogP contribution in [0.15, 0.2) is 0 Å². The second-order valence-electron chi connectivity index (χ2n) is 8.03. The second-order valence-corrected chi connectivity index (χ2v) is 8.42. The van der Waals surface area contributed by atoms with Crippen molar-refractivity contribution < 1.29 is 55.1 Å². The first-order valence-corrected chi connectivity index (χ1v) is 10.8. The van der Waals surface area contributed by atoms with E-state index in [1.54, 1.807) is 20.7 Å². The predicted molar refractivity (Wildman–Crippen MR) is 101 cm³/mol. The van der Waals surface area contributed by atoms with Gasteiger partial charge in [-0.25, -0.2) is 0 Å². The van der Waals surface area contributed by atoms with Crippen molar-refractivity contribution in [3.05, 3.63) is 0 Å². The number of amides is 2. The van der Waals surface area contributed by atoms with E-state index in [0.29, 0.717) is 30.2 Å². The van der Waals surface area contributed by atoms with E-state index in [1.165, 1.54) is 32.1 Å². The van der Waals surface area contributed by atoms with Crippen LogP contribution in [0.3, 0.4) is 0 Å². The van der Waals surface area contributed by atoms with E-state index in [2.05, 4.69) is 36.8 Å². The summed E-state index contributed by atoms with van der Waals surface area (Å²) in [5.41, 5.74) is 0.396. The third kappa shape index (κ3) is 15.8. The van der Waals surface area contributed by atoms with Crippen molar-refractivity contribution in [2.45, 2.75) is 105 Å². The first-order chi connectivity index (χ1) is 11.8. The summed E-state index contributed by atoms with van der Waals surface area (Å²) in [6.45, 7) is 11.0. The van der Waals surface area contributed by atoms with Crippen molar-refractivity contribution in [2.24, 2.45) is 11.3 Å². The van der Waals surface area contributed by atoms with Crippen LogP contribution in [-0.2, 0) is 30.3 Å². The smallest absolute Gasteiger partial charge is 0.220 e. The summed E-state index contributed by atoms with van der Waals surface area (Å²) < 4.78 is 2.53. The van der Waals surface area contributed by atoms with Crippen molar-refractivity contribution in [1.82, 2.24) is 9.12 Å². The molecule has 0 saturated heterocycles. The van der Waals surface area contributed by atoms with Crippen LogP contribution >= 0.6 is 0 Å². The first kappa shape index (κ1) is 31.9. The number of carbonyl (C=O) groups excluding carboxylic acids is 2. The standard InChI is InChI=1S/C16H31NO.C4H9NO.2ClH.Ti/c1-5-7-9-13-10-11-16(3,4)12-14(13)17-15(18)8-6-2;1-2-3-4(5)6;;;/h13-14H,5-12H2,1-4H3,(H,17,18);2-3H2,1H3,(H2,5,6);2*1H;/q;;;;+3/p-3. The summed E-state index contributed by atoms with van der Waals surface area (Å²) in [6, 6.07) is 0.416. The molecule has 0 aromatic rings. The second kappa shape index (κ2) is 18.3. The fraction of sp³-hybridized carbons (Fsp3) is 0.900. The van der Waals surface area contributed by atoms with Crippen LogP contribution in [0.1, 0.15) is 98.8 Å². The minimum absolute atomic E-state index is 0. The quantitative estimate of drug-likeness (QED) is 0.443. The molecule has 1 aliphatic rings. The minimum Gasteiger partial charge on any atom is -1.00 e. The largest absolute Gasteiger partial charge is 1.00 e. The molecule has 1 aliphatic carbocycles. The molecule has 4 nitrogen and oxygen atoms in total. The molecule has 1 rings (SSSR count). The topological polar surface area (TPSA) is 58.2 Å². The predicted octanol–water partition coefficient (Wildman–Crippen LogP) is -1.34. The third-order valence-corrected chi connectivity index (χ3v) is 5.34. The Labute approximate surface area is 191 Å². The molecule has 2 N–H and O–H groups in total. The SMILES string of the molecule is CCCC(=O)[NH][Ti+2].CCCCC1CCC(C)(C)CC1NC(=O)CCC.[Cl-].[Cl-]. The maximum Gasteiger partial charge on any atom is 0.220 e. The summed E-state index contributed by atoms with van der Waals surface area (Å²) in [6.07, 6.45) is 10.8. The minimum atomic E-state index is 0. The van der Waals surface area contributed by atoms with E-state index >= 15 is 0 Å². The van der Waals surface area contributed by atoms with Crippen LogP contribution < -0.4 is 33.9 Å². The van der Waals surface area contributed by atoms with Crippen molar-refractivity contribution >= 4 is 11.8 Å². The molecule has 159 valence electrons. The monoisotopic (exact) mass is 457 g/mol. The van der Waals surface area contributed by atoms with Gasteiger partial charge in [-0.05, 0) is 43.4 Å². The Morgan fingerprint density at radius 2 is 1.56 bits per heavy atom. The number of nitrogens with one attached hydrogen (secondary N) is 2. The van der Waals surface area contributed by atoms with Gasteiger partial charge in [0, 0.05) is 12.5 Å². The average Bonchev–Trinajstić information content (AvgIpc) is 2.54. The van der Waals surface area contributed by atoms with Gasteiger partial charge in [0.25, 0.3) is 0 Å². The molecule has 0 bridgehead atoms. The van der Waals surface area contributed by atoms with Crippen LogP contribution in [0.25, 0.3) is 0 Å². The summed E-state index contributed by atoms with van der Waals surface area (Å²) >= 11 is 1.65. The van der Waals surface area contributed by atoms with Crippen LogP contribution in [0.5, 0.6) is 0 Å². The zero-order valence-corrected chi connectivity index (χ0v) is 20.9. The first-order valence-electron chi connectivity index (χ1n) is 10.0. The van der Waals surface area contributed by atoms with E-state index in [0.717, 1.165) is 19.3 Å². The van der Waals surface area contributed by atoms with Crippen LogP contribution in [-0.4, -0.2) is 17.9 Å². The van der Waals surface area contributed by atoms with E-state index in [4.69, 9.17) is 0 Å². The Kier molecular flexibility index (Phi) is 21.6. The molecule has 2 atom stereocenters. The van der Waals surface area contributed by atoms with Gasteiger partial charge in [0.1, 0.15) is 0 Å². The zero-order chi connectivity index (χ0) is 19.3. The molecule has 0 aliphatic heterocycles. The molecule has 0 aromatic heterocycles. The number of rotatable bonds is 8. The summed E-state index contributed by atoms with van der Waals surface area (Å²) in [4.78, 5) is 22.1. The number of hydrogen-bond acceptors (Lipinski definition) is 2. The summed E-state index contributed by atoms with van der Waals surface area (Å²) in [5.74, 6) is 1.09. The Balaban J connectivity index is -0.000000552. The van der Waals surface area contributed by atoms with Gasteiger partial charge in [0.15, 0.2) is 0 Å². The van der Waals surface area contributed by atoms with Crippen molar-refractivity contribution in [3.63, 3.8) is 0 Å². The van der Waals surface area contributed by atoms with E-state index in [9.17, 15) is 9.59 Å². The average molecular weight is 458 g/mol. The molecular formula is C20H39Cl2N2O2Ti.